The molecule has 0 saturated heterocycles. The van der Waals surface area contributed by atoms with Crippen LogP contribution in [0.1, 0.15) is 66.7 Å². The lowest BCUT2D eigenvalue weighted by atomic mass is 9.57. The van der Waals surface area contributed by atoms with Crippen molar-refractivity contribution in [3.8, 4) is 0 Å². The predicted octanol–water partition coefficient (Wildman–Crippen LogP) is 5.13. The molecule has 0 heterocycles. The van der Waals surface area contributed by atoms with E-state index in [2.05, 4.69) is 34.6 Å². The first-order valence-electron chi connectivity index (χ1n) is 7.10. The van der Waals surface area contributed by atoms with Crippen LogP contribution in [-0.4, -0.2) is 0 Å². The van der Waals surface area contributed by atoms with Gasteiger partial charge in [-0.15, -0.1) is 0 Å². The molecule has 0 heteroatoms. The Morgan fingerprint density at radius 1 is 1.13 bits per heavy atom. The molecule has 0 nitrogen and oxygen atoms in total. The van der Waals surface area contributed by atoms with Gasteiger partial charge < -0.3 is 0 Å². The molecule has 0 aromatic carbocycles. The van der Waals surface area contributed by atoms with Crippen LogP contribution < -0.4 is 0 Å². The van der Waals surface area contributed by atoms with Gasteiger partial charge in [0.05, 0.1) is 0 Å². The molecule has 0 radical (unpaired) electrons. The Labute approximate surface area is 96.8 Å². The molecule has 0 N–H and O–H groups in total. The number of hydrogen-bond donors (Lipinski definition) is 0. The lowest BCUT2D eigenvalue weighted by molar-refractivity contribution is 0.0159. The summed E-state index contributed by atoms with van der Waals surface area (Å²) in [6.45, 7) is 11.9. The highest BCUT2D eigenvalue weighted by molar-refractivity contribution is 4.90. The molecule has 0 amide bonds. The fraction of sp³-hybridized carbons (Fsp3) is 1.00. The molecule has 0 bridgehead atoms. The second kappa shape index (κ2) is 5.92. The zero-order chi connectivity index (χ0) is 11.4. The van der Waals surface area contributed by atoms with Crippen molar-refractivity contribution in [3.63, 3.8) is 0 Å². The first-order valence-corrected chi connectivity index (χ1v) is 7.10. The Balaban J connectivity index is 2.33. The van der Waals surface area contributed by atoms with Crippen molar-refractivity contribution >= 4 is 0 Å². The van der Waals surface area contributed by atoms with Crippen LogP contribution in [0.3, 0.4) is 0 Å². The summed E-state index contributed by atoms with van der Waals surface area (Å²) in [7, 11) is 0. The van der Waals surface area contributed by atoms with Crippen LogP contribution in [0.2, 0.25) is 0 Å². The second-order valence-corrected chi connectivity index (χ2v) is 6.11. The van der Waals surface area contributed by atoms with Gasteiger partial charge in [0.2, 0.25) is 0 Å². The molecule has 90 valence electrons. The van der Waals surface area contributed by atoms with Gasteiger partial charge in [-0.1, -0.05) is 53.9 Å². The highest BCUT2D eigenvalue weighted by atomic mass is 14.5. The van der Waals surface area contributed by atoms with E-state index < -0.39 is 0 Å². The molecule has 1 fully saturated rings. The molecule has 0 aromatic heterocycles. The molecule has 1 aliphatic rings. The van der Waals surface area contributed by atoms with Crippen LogP contribution in [0.5, 0.6) is 0 Å². The van der Waals surface area contributed by atoms with Gasteiger partial charge in [-0.25, -0.2) is 0 Å². The van der Waals surface area contributed by atoms with Gasteiger partial charge in [0.25, 0.3) is 0 Å². The predicted molar refractivity (Wildman–Crippen MR) is 68.9 cm³/mol. The van der Waals surface area contributed by atoms with Crippen LogP contribution in [0.4, 0.5) is 0 Å². The summed E-state index contributed by atoms with van der Waals surface area (Å²) in [6.07, 6.45) is 7.21. The van der Waals surface area contributed by atoms with Gasteiger partial charge in [-0.3, -0.25) is 0 Å². The van der Waals surface area contributed by atoms with Gasteiger partial charge in [0.1, 0.15) is 0 Å². The monoisotopic (exact) mass is 210 g/mol. The minimum atomic E-state index is 0.910. The summed E-state index contributed by atoms with van der Waals surface area (Å²) in [6, 6.07) is 0. The molecule has 1 saturated carbocycles. The maximum atomic E-state index is 2.44. The van der Waals surface area contributed by atoms with Crippen LogP contribution in [0, 0.1) is 29.6 Å². The quantitative estimate of drug-likeness (QED) is 0.570. The van der Waals surface area contributed by atoms with Crippen LogP contribution in [0.25, 0.3) is 0 Å². The highest BCUT2D eigenvalue weighted by Gasteiger charge is 2.40. The highest BCUT2D eigenvalue weighted by Crippen LogP contribution is 2.49. The average Bonchev–Trinajstić information content (AvgIpc) is 2.12. The third-order valence-electron chi connectivity index (χ3n) is 4.54. The lowest BCUT2D eigenvalue weighted by Gasteiger charge is -2.48. The molecule has 0 spiro atoms. The summed E-state index contributed by atoms with van der Waals surface area (Å²) < 4.78 is 0. The van der Waals surface area contributed by atoms with E-state index in [-0.39, 0.29) is 0 Å². The fourth-order valence-corrected chi connectivity index (χ4v) is 3.65. The Morgan fingerprint density at radius 3 is 2.27 bits per heavy atom. The van der Waals surface area contributed by atoms with Crippen LogP contribution in [-0.2, 0) is 0 Å². The normalized spacial score (nSPS) is 32.8. The number of hydrogen-bond acceptors (Lipinski definition) is 0. The van der Waals surface area contributed by atoms with Crippen molar-refractivity contribution in [3.05, 3.63) is 0 Å². The summed E-state index contributed by atoms with van der Waals surface area (Å²) in [4.78, 5) is 0. The standard InChI is InChI=1S/C15H30/c1-6-8-12(5)9-13-10-15(11(3)4)14(13)7-2/h11-15H,6-10H2,1-5H3. The van der Waals surface area contributed by atoms with Crippen molar-refractivity contribution < 1.29 is 0 Å². The molecule has 1 rings (SSSR count). The Hall–Kier alpha value is 0. The van der Waals surface area contributed by atoms with Crippen LogP contribution in [0.15, 0.2) is 0 Å². The van der Waals surface area contributed by atoms with Gasteiger partial charge in [-0.2, -0.15) is 0 Å². The van der Waals surface area contributed by atoms with E-state index in [9.17, 15) is 0 Å². The first-order chi connectivity index (χ1) is 7.10. The minimum absolute atomic E-state index is 0.910. The van der Waals surface area contributed by atoms with Crippen LogP contribution >= 0.6 is 0 Å². The third kappa shape index (κ3) is 3.23. The Bertz CT molecular complexity index is 171. The topological polar surface area (TPSA) is 0 Å². The smallest absolute Gasteiger partial charge is 0.0357 e. The van der Waals surface area contributed by atoms with E-state index in [1.165, 1.54) is 32.1 Å². The van der Waals surface area contributed by atoms with E-state index in [0.29, 0.717) is 0 Å². The van der Waals surface area contributed by atoms with Crippen molar-refractivity contribution in [2.24, 2.45) is 29.6 Å². The third-order valence-corrected chi connectivity index (χ3v) is 4.54. The minimum Gasteiger partial charge on any atom is -0.0654 e. The van der Waals surface area contributed by atoms with E-state index in [0.717, 1.165) is 29.6 Å². The van der Waals surface area contributed by atoms with E-state index in [1.807, 2.05) is 0 Å². The number of rotatable bonds is 6. The second-order valence-electron chi connectivity index (χ2n) is 6.11. The van der Waals surface area contributed by atoms with Gasteiger partial charge in [-0.05, 0) is 42.4 Å². The lowest BCUT2D eigenvalue weighted by Crippen LogP contribution is -2.40. The first kappa shape index (κ1) is 13.1. The molecule has 0 aromatic rings. The fourth-order valence-electron chi connectivity index (χ4n) is 3.65. The Morgan fingerprint density at radius 2 is 1.80 bits per heavy atom. The molecule has 1 aliphatic carbocycles. The van der Waals surface area contributed by atoms with Crippen molar-refractivity contribution in [1.29, 1.82) is 0 Å². The van der Waals surface area contributed by atoms with Gasteiger partial charge in [0.15, 0.2) is 0 Å². The summed E-state index contributed by atoms with van der Waals surface area (Å²) in [5.74, 6) is 5.01. The van der Waals surface area contributed by atoms with Crippen molar-refractivity contribution in [2.75, 3.05) is 0 Å². The maximum absolute atomic E-state index is 2.44. The maximum Gasteiger partial charge on any atom is -0.0357 e. The summed E-state index contributed by atoms with van der Waals surface area (Å²) in [5.41, 5.74) is 0. The Kier molecular flexibility index (Phi) is 5.15. The summed E-state index contributed by atoms with van der Waals surface area (Å²) >= 11 is 0. The molecular formula is C15H30. The SMILES string of the molecule is CCCC(C)CC1CC(C(C)C)C1CC. The van der Waals surface area contributed by atoms with E-state index >= 15 is 0 Å². The average molecular weight is 210 g/mol. The van der Waals surface area contributed by atoms with E-state index in [4.69, 9.17) is 0 Å². The molecule has 15 heavy (non-hydrogen) atoms. The van der Waals surface area contributed by atoms with Crippen molar-refractivity contribution in [1.82, 2.24) is 0 Å². The molecule has 4 atom stereocenters. The summed E-state index contributed by atoms with van der Waals surface area (Å²) in [5, 5.41) is 0. The van der Waals surface area contributed by atoms with Gasteiger partial charge >= 0.3 is 0 Å². The molecular weight excluding hydrogens is 180 g/mol. The zero-order valence-electron chi connectivity index (χ0n) is 11.4. The molecule has 0 aliphatic heterocycles. The van der Waals surface area contributed by atoms with Crippen molar-refractivity contribution in [2.45, 2.75) is 66.7 Å². The zero-order valence-corrected chi connectivity index (χ0v) is 11.4. The van der Waals surface area contributed by atoms with Gasteiger partial charge in [0, 0.05) is 0 Å². The van der Waals surface area contributed by atoms with E-state index in [1.54, 1.807) is 0 Å². The largest absolute Gasteiger partial charge is 0.0654 e. The molecule has 4 unspecified atom stereocenters.